The van der Waals surface area contributed by atoms with Gasteiger partial charge in [0, 0.05) is 0 Å². The lowest BCUT2D eigenvalue weighted by Gasteiger charge is -2.21. The van der Waals surface area contributed by atoms with Crippen LogP contribution in [0.3, 0.4) is 0 Å². The zero-order chi connectivity index (χ0) is 14.5. The van der Waals surface area contributed by atoms with Crippen LogP contribution in [0.2, 0.25) is 0 Å². The molecule has 0 radical (unpaired) electrons. The molecular formula is C19H35N. The fraction of sp³-hybridized carbons (Fsp3) is 0.789. The van der Waals surface area contributed by atoms with E-state index in [-0.39, 0.29) is 0 Å². The third kappa shape index (κ3) is 8.58. The molecule has 1 nitrogen and oxygen atoms in total. The van der Waals surface area contributed by atoms with Gasteiger partial charge in [-0.15, -0.1) is 0 Å². The highest BCUT2D eigenvalue weighted by Crippen LogP contribution is 2.22. The van der Waals surface area contributed by atoms with E-state index in [0.717, 1.165) is 5.92 Å². The van der Waals surface area contributed by atoms with E-state index in [9.17, 15) is 0 Å². The van der Waals surface area contributed by atoms with Gasteiger partial charge in [0.15, 0.2) is 0 Å². The second-order valence-corrected chi connectivity index (χ2v) is 6.29. The van der Waals surface area contributed by atoms with Crippen LogP contribution in [0.4, 0.5) is 0 Å². The van der Waals surface area contributed by atoms with Gasteiger partial charge in [0.2, 0.25) is 0 Å². The van der Waals surface area contributed by atoms with Gasteiger partial charge in [-0.1, -0.05) is 62.8 Å². The summed E-state index contributed by atoms with van der Waals surface area (Å²) in [4.78, 5) is 0. The van der Waals surface area contributed by atoms with E-state index in [1.165, 1.54) is 89.3 Å². The van der Waals surface area contributed by atoms with Crippen molar-refractivity contribution in [3.63, 3.8) is 0 Å². The molecule has 20 heavy (non-hydrogen) atoms. The molecule has 0 heterocycles. The summed E-state index contributed by atoms with van der Waals surface area (Å²) in [6, 6.07) is 0. The summed E-state index contributed by atoms with van der Waals surface area (Å²) in [6.45, 7) is 8.44. The standard InChI is InChI=1S/C19H35N/c1-3-18(4-2)13-9-6-5-7-12-16-20-17-19-14-10-8-11-15-19/h3-4,19-20H,1,5-17H2,2H3. The van der Waals surface area contributed by atoms with Gasteiger partial charge < -0.3 is 5.32 Å². The van der Waals surface area contributed by atoms with E-state index in [0.29, 0.717) is 0 Å². The van der Waals surface area contributed by atoms with E-state index in [2.05, 4.69) is 24.9 Å². The first kappa shape index (κ1) is 17.5. The predicted octanol–water partition coefficient (Wildman–Crippen LogP) is 5.63. The Kier molecular flexibility index (Phi) is 10.7. The van der Waals surface area contributed by atoms with Gasteiger partial charge >= 0.3 is 0 Å². The number of nitrogens with one attached hydrogen (secondary N) is 1. The lowest BCUT2D eigenvalue weighted by molar-refractivity contribution is 0.341. The average Bonchev–Trinajstić information content (AvgIpc) is 2.50. The van der Waals surface area contributed by atoms with Crippen molar-refractivity contribution in [3.8, 4) is 0 Å². The van der Waals surface area contributed by atoms with E-state index in [1.807, 2.05) is 6.08 Å². The van der Waals surface area contributed by atoms with Crippen LogP contribution in [-0.4, -0.2) is 13.1 Å². The van der Waals surface area contributed by atoms with E-state index < -0.39 is 0 Å². The first-order valence-electron chi connectivity index (χ1n) is 8.85. The van der Waals surface area contributed by atoms with Gasteiger partial charge in [-0.05, 0) is 58.0 Å². The summed E-state index contributed by atoms with van der Waals surface area (Å²) in [7, 11) is 0. The summed E-state index contributed by atoms with van der Waals surface area (Å²) in [5.74, 6) is 0.974. The number of hydrogen-bond acceptors (Lipinski definition) is 1. The fourth-order valence-corrected chi connectivity index (χ4v) is 3.17. The predicted molar refractivity (Wildman–Crippen MR) is 91.1 cm³/mol. The molecule has 0 atom stereocenters. The van der Waals surface area contributed by atoms with Gasteiger partial charge in [-0.25, -0.2) is 0 Å². The van der Waals surface area contributed by atoms with E-state index in [4.69, 9.17) is 0 Å². The molecule has 1 fully saturated rings. The van der Waals surface area contributed by atoms with Crippen LogP contribution in [0, 0.1) is 5.92 Å². The Morgan fingerprint density at radius 3 is 2.45 bits per heavy atom. The topological polar surface area (TPSA) is 12.0 Å². The van der Waals surface area contributed by atoms with Gasteiger partial charge in [-0.2, -0.15) is 0 Å². The largest absolute Gasteiger partial charge is 0.316 e. The van der Waals surface area contributed by atoms with E-state index in [1.54, 1.807) is 0 Å². The third-order valence-electron chi connectivity index (χ3n) is 4.61. The van der Waals surface area contributed by atoms with Gasteiger partial charge in [0.25, 0.3) is 0 Å². The number of allylic oxidation sites excluding steroid dienone is 3. The highest BCUT2D eigenvalue weighted by Gasteiger charge is 2.11. The van der Waals surface area contributed by atoms with Crippen LogP contribution >= 0.6 is 0 Å². The minimum Gasteiger partial charge on any atom is -0.316 e. The molecule has 1 aliphatic carbocycles. The van der Waals surface area contributed by atoms with Crippen LogP contribution in [0.15, 0.2) is 24.3 Å². The maximum atomic E-state index is 3.84. The molecule has 1 saturated carbocycles. The quantitative estimate of drug-likeness (QED) is 0.381. The van der Waals surface area contributed by atoms with Crippen molar-refractivity contribution in [1.82, 2.24) is 5.32 Å². The fourth-order valence-electron chi connectivity index (χ4n) is 3.17. The minimum absolute atomic E-state index is 0.974. The molecule has 0 aromatic heterocycles. The molecule has 116 valence electrons. The molecule has 0 aromatic rings. The monoisotopic (exact) mass is 277 g/mol. The molecule has 1 aliphatic rings. The molecule has 0 spiro atoms. The Bertz CT molecular complexity index is 261. The number of unbranched alkanes of at least 4 members (excludes halogenated alkanes) is 4. The summed E-state index contributed by atoms with van der Waals surface area (Å²) in [5.41, 5.74) is 1.40. The third-order valence-corrected chi connectivity index (χ3v) is 4.61. The van der Waals surface area contributed by atoms with Crippen LogP contribution < -0.4 is 5.32 Å². The van der Waals surface area contributed by atoms with Crippen LogP contribution in [0.1, 0.15) is 77.6 Å². The van der Waals surface area contributed by atoms with Crippen molar-refractivity contribution < 1.29 is 0 Å². The normalized spacial score (nSPS) is 17.4. The van der Waals surface area contributed by atoms with E-state index >= 15 is 0 Å². The van der Waals surface area contributed by atoms with Gasteiger partial charge in [-0.3, -0.25) is 0 Å². The van der Waals surface area contributed by atoms with Gasteiger partial charge in [0.1, 0.15) is 0 Å². The Morgan fingerprint density at radius 2 is 1.75 bits per heavy atom. The molecule has 0 amide bonds. The van der Waals surface area contributed by atoms with Gasteiger partial charge in [0.05, 0.1) is 0 Å². The summed E-state index contributed by atoms with van der Waals surface area (Å²) in [6.07, 6.45) is 19.5. The molecule has 0 unspecified atom stereocenters. The smallest absolute Gasteiger partial charge is 0.00205 e. The molecular weight excluding hydrogens is 242 g/mol. The van der Waals surface area contributed by atoms with Crippen molar-refractivity contribution in [2.45, 2.75) is 77.6 Å². The van der Waals surface area contributed by atoms with Crippen LogP contribution in [-0.2, 0) is 0 Å². The maximum absolute atomic E-state index is 3.84. The van der Waals surface area contributed by atoms with Crippen molar-refractivity contribution in [1.29, 1.82) is 0 Å². The highest BCUT2D eigenvalue weighted by molar-refractivity contribution is 5.14. The SMILES string of the molecule is C=CC(=CC)CCCCCCCNCC1CCCCC1. The van der Waals surface area contributed by atoms with Crippen LogP contribution in [0.25, 0.3) is 0 Å². The maximum Gasteiger partial charge on any atom is -0.00205 e. The average molecular weight is 277 g/mol. The van der Waals surface area contributed by atoms with Crippen LogP contribution in [0.5, 0.6) is 0 Å². The molecule has 1 N–H and O–H groups in total. The van der Waals surface area contributed by atoms with Crippen molar-refractivity contribution >= 4 is 0 Å². The summed E-state index contributed by atoms with van der Waals surface area (Å²) < 4.78 is 0. The molecule has 0 aromatic carbocycles. The van der Waals surface area contributed by atoms with Crippen molar-refractivity contribution in [3.05, 3.63) is 24.3 Å². The van der Waals surface area contributed by atoms with Crippen molar-refractivity contribution in [2.24, 2.45) is 5.92 Å². The second kappa shape index (κ2) is 12.2. The Hall–Kier alpha value is -0.560. The Labute approximate surface area is 126 Å². The van der Waals surface area contributed by atoms with Crippen molar-refractivity contribution in [2.75, 3.05) is 13.1 Å². The highest BCUT2D eigenvalue weighted by atomic mass is 14.9. The number of hydrogen-bond donors (Lipinski definition) is 1. The first-order chi connectivity index (χ1) is 9.86. The molecule has 1 heteroatoms. The molecule has 1 rings (SSSR count). The number of rotatable bonds is 11. The molecule has 0 aliphatic heterocycles. The summed E-state index contributed by atoms with van der Waals surface area (Å²) in [5, 5.41) is 3.66. The lowest BCUT2D eigenvalue weighted by Crippen LogP contribution is -2.25. The summed E-state index contributed by atoms with van der Waals surface area (Å²) >= 11 is 0. The lowest BCUT2D eigenvalue weighted by atomic mass is 9.89. The molecule has 0 bridgehead atoms. The second-order valence-electron chi connectivity index (χ2n) is 6.29. The first-order valence-corrected chi connectivity index (χ1v) is 8.85. The minimum atomic E-state index is 0.974. The molecule has 0 saturated heterocycles. The zero-order valence-electron chi connectivity index (χ0n) is 13.6. The zero-order valence-corrected chi connectivity index (χ0v) is 13.6. The Morgan fingerprint density at radius 1 is 1.05 bits per heavy atom. The Balaban J connectivity index is 1.81.